The Morgan fingerprint density at radius 3 is 2.62 bits per heavy atom. The molecule has 1 amide bonds. The van der Waals surface area contributed by atoms with E-state index in [1.165, 1.54) is 36.0 Å². The summed E-state index contributed by atoms with van der Waals surface area (Å²) < 4.78 is 6.41. The summed E-state index contributed by atoms with van der Waals surface area (Å²) in [6, 6.07) is 7.73. The quantitative estimate of drug-likeness (QED) is 0.685. The van der Waals surface area contributed by atoms with Crippen molar-refractivity contribution >= 4 is 39.1 Å². The number of hydrogen-bond donors (Lipinski definition) is 2. The number of piperidine rings is 1. The van der Waals surface area contributed by atoms with Crippen molar-refractivity contribution in [3.8, 4) is 5.75 Å². The number of hydrogen-bond acceptors (Lipinski definition) is 6. The summed E-state index contributed by atoms with van der Waals surface area (Å²) >= 11 is 1.21. The molecule has 4 rings (SSSR count). The lowest BCUT2D eigenvalue weighted by Gasteiger charge is -2.26. The number of thiophene rings is 1. The number of amides is 1. The maximum atomic E-state index is 12.6. The predicted molar refractivity (Wildman–Crippen MR) is 102 cm³/mol. The third kappa shape index (κ3) is 3.17. The first-order chi connectivity index (χ1) is 12.6. The Morgan fingerprint density at radius 1 is 1.15 bits per heavy atom. The Bertz CT molecular complexity index is 1000. The van der Waals surface area contributed by atoms with Gasteiger partial charge < -0.3 is 19.7 Å². The molecule has 0 atom stereocenters. The minimum Gasteiger partial charge on any atom is -0.508 e. The highest BCUT2D eigenvalue weighted by Gasteiger charge is 2.20. The molecule has 6 nitrogen and oxygen atoms in total. The number of nitrogens with one attached hydrogen (secondary N) is 1. The van der Waals surface area contributed by atoms with E-state index in [9.17, 15) is 14.7 Å². The van der Waals surface area contributed by atoms with Crippen LogP contribution in [0.2, 0.25) is 0 Å². The minimum absolute atomic E-state index is 0.125. The molecule has 1 aromatic carbocycles. The van der Waals surface area contributed by atoms with Crippen molar-refractivity contribution in [3.05, 3.63) is 51.5 Å². The molecule has 7 heteroatoms. The van der Waals surface area contributed by atoms with Gasteiger partial charge in [-0.25, -0.2) is 0 Å². The van der Waals surface area contributed by atoms with Crippen molar-refractivity contribution in [2.24, 2.45) is 0 Å². The average Bonchev–Trinajstić information content (AvgIpc) is 3.09. The monoisotopic (exact) mass is 370 g/mol. The molecule has 2 aromatic heterocycles. The topological polar surface area (TPSA) is 82.8 Å². The number of phenolic OH excluding ortho intramolecular Hbond substituents is 1. The fourth-order valence-corrected chi connectivity index (χ4v) is 3.98. The van der Waals surface area contributed by atoms with E-state index in [0.717, 1.165) is 25.9 Å². The van der Waals surface area contributed by atoms with E-state index < -0.39 is 0 Å². The lowest BCUT2D eigenvalue weighted by atomic mass is 10.1. The summed E-state index contributed by atoms with van der Waals surface area (Å²) in [5.74, 6) is 0.307. The van der Waals surface area contributed by atoms with Gasteiger partial charge in [0.2, 0.25) is 5.43 Å². The predicted octanol–water partition coefficient (Wildman–Crippen LogP) is 3.80. The van der Waals surface area contributed by atoms with E-state index in [2.05, 4.69) is 10.2 Å². The van der Waals surface area contributed by atoms with Crippen LogP contribution in [0.5, 0.6) is 5.75 Å². The van der Waals surface area contributed by atoms with E-state index in [1.807, 2.05) is 0 Å². The Balaban J connectivity index is 1.68. The van der Waals surface area contributed by atoms with Gasteiger partial charge in [0.25, 0.3) is 5.91 Å². The zero-order valence-corrected chi connectivity index (χ0v) is 14.8. The molecule has 0 spiro atoms. The van der Waals surface area contributed by atoms with Crippen LogP contribution in [0.1, 0.15) is 29.6 Å². The number of phenols is 1. The highest BCUT2D eigenvalue weighted by atomic mass is 32.1. The molecule has 3 heterocycles. The van der Waals surface area contributed by atoms with Crippen LogP contribution < -0.4 is 15.6 Å². The molecule has 0 saturated carbocycles. The highest BCUT2D eigenvalue weighted by Crippen LogP contribution is 2.29. The van der Waals surface area contributed by atoms with Crippen molar-refractivity contribution in [2.75, 3.05) is 23.3 Å². The van der Waals surface area contributed by atoms with Crippen LogP contribution in [0.4, 0.5) is 11.6 Å². The molecule has 2 N–H and O–H groups in total. The zero-order chi connectivity index (χ0) is 18.1. The smallest absolute Gasteiger partial charge is 0.260 e. The molecule has 26 heavy (non-hydrogen) atoms. The van der Waals surface area contributed by atoms with E-state index in [4.69, 9.17) is 4.42 Å². The first-order valence-electron chi connectivity index (χ1n) is 8.52. The van der Waals surface area contributed by atoms with Gasteiger partial charge in [-0.1, -0.05) is 0 Å². The number of benzene rings is 1. The van der Waals surface area contributed by atoms with E-state index in [-0.39, 0.29) is 17.1 Å². The van der Waals surface area contributed by atoms with Gasteiger partial charge in [-0.3, -0.25) is 9.59 Å². The molecule has 0 aliphatic carbocycles. The average molecular weight is 370 g/mol. The van der Waals surface area contributed by atoms with E-state index in [0.29, 0.717) is 27.4 Å². The van der Waals surface area contributed by atoms with Gasteiger partial charge in [0.1, 0.15) is 10.4 Å². The molecular formula is C19H18N2O4S. The number of carbonyl (C=O) groups is 1. The van der Waals surface area contributed by atoms with E-state index in [1.54, 1.807) is 17.5 Å². The van der Waals surface area contributed by atoms with E-state index >= 15 is 0 Å². The number of anilines is 2. The van der Waals surface area contributed by atoms with Crippen LogP contribution in [-0.4, -0.2) is 24.1 Å². The minimum atomic E-state index is -0.346. The Labute approximate surface area is 153 Å². The lowest BCUT2D eigenvalue weighted by Crippen LogP contribution is -2.30. The first kappa shape index (κ1) is 16.7. The van der Waals surface area contributed by atoms with Crippen molar-refractivity contribution in [2.45, 2.75) is 19.3 Å². The van der Waals surface area contributed by atoms with Gasteiger partial charge in [-0.15, -0.1) is 11.3 Å². The van der Waals surface area contributed by atoms with Crippen LogP contribution in [-0.2, 0) is 0 Å². The van der Waals surface area contributed by atoms with Gasteiger partial charge in [0, 0.05) is 30.2 Å². The zero-order valence-electron chi connectivity index (χ0n) is 14.0. The van der Waals surface area contributed by atoms with Gasteiger partial charge in [0.15, 0.2) is 11.5 Å². The van der Waals surface area contributed by atoms with Gasteiger partial charge in [-0.05, 0) is 43.5 Å². The van der Waals surface area contributed by atoms with Crippen LogP contribution in [0, 0.1) is 0 Å². The highest BCUT2D eigenvalue weighted by molar-refractivity contribution is 7.17. The molecule has 134 valence electrons. The SMILES string of the molecule is O=C(Nc1ccc(O)cc1)c1csc2c(=O)cc(N3CCCCC3)oc12. The van der Waals surface area contributed by atoms with Gasteiger partial charge >= 0.3 is 0 Å². The molecule has 1 aliphatic rings. The Hall–Kier alpha value is -2.80. The van der Waals surface area contributed by atoms with Crippen LogP contribution in [0.15, 0.2) is 44.9 Å². The molecule has 0 radical (unpaired) electrons. The third-order valence-electron chi connectivity index (χ3n) is 4.47. The van der Waals surface area contributed by atoms with Gasteiger partial charge in [0.05, 0.1) is 5.56 Å². The maximum absolute atomic E-state index is 12.6. The number of nitrogens with zero attached hydrogens (tertiary/aromatic N) is 1. The summed E-state index contributed by atoms with van der Waals surface area (Å²) in [6.07, 6.45) is 3.32. The summed E-state index contributed by atoms with van der Waals surface area (Å²) in [7, 11) is 0. The number of rotatable bonds is 3. The molecule has 1 aliphatic heterocycles. The molecule has 0 unspecified atom stereocenters. The maximum Gasteiger partial charge on any atom is 0.260 e. The fourth-order valence-electron chi connectivity index (χ4n) is 3.10. The van der Waals surface area contributed by atoms with Crippen LogP contribution >= 0.6 is 11.3 Å². The molecule has 1 saturated heterocycles. The largest absolute Gasteiger partial charge is 0.508 e. The number of aromatic hydroxyl groups is 1. The van der Waals surface area contributed by atoms with Crippen LogP contribution in [0.25, 0.3) is 10.3 Å². The number of fused-ring (bicyclic) bond motifs is 1. The van der Waals surface area contributed by atoms with Gasteiger partial charge in [-0.2, -0.15) is 0 Å². The molecule has 3 aromatic rings. The molecular weight excluding hydrogens is 352 g/mol. The second kappa shape index (κ2) is 6.84. The second-order valence-corrected chi connectivity index (χ2v) is 7.18. The summed E-state index contributed by atoms with van der Waals surface area (Å²) in [5.41, 5.74) is 1.11. The van der Waals surface area contributed by atoms with Crippen molar-refractivity contribution in [1.29, 1.82) is 0 Å². The number of carbonyl (C=O) groups excluding carboxylic acids is 1. The van der Waals surface area contributed by atoms with Crippen molar-refractivity contribution in [3.63, 3.8) is 0 Å². The van der Waals surface area contributed by atoms with Crippen molar-refractivity contribution < 1.29 is 14.3 Å². The second-order valence-electron chi connectivity index (χ2n) is 6.31. The Morgan fingerprint density at radius 2 is 1.88 bits per heavy atom. The standard InChI is InChI=1S/C19H18N2O4S/c22-13-6-4-12(5-7-13)20-19(24)14-11-26-18-15(23)10-16(25-17(14)18)21-8-2-1-3-9-21/h4-7,10-11,22H,1-3,8-9H2,(H,20,24). The lowest BCUT2D eigenvalue weighted by molar-refractivity contribution is 0.102. The van der Waals surface area contributed by atoms with Crippen LogP contribution in [0.3, 0.4) is 0 Å². The third-order valence-corrected chi connectivity index (χ3v) is 5.44. The Kier molecular flexibility index (Phi) is 4.38. The normalized spacial score (nSPS) is 14.5. The summed E-state index contributed by atoms with van der Waals surface area (Å²) in [6.45, 7) is 1.71. The fraction of sp³-hybridized carbons (Fsp3) is 0.263. The first-order valence-corrected chi connectivity index (χ1v) is 9.40. The summed E-state index contributed by atoms with van der Waals surface area (Å²) in [5, 5.41) is 13.7. The molecule has 1 fully saturated rings. The summed E-state index contributed by atoms with van der Waals surface area (Å²) in [4.78, 5) is 27.1. The molecule has 0 bridgehead atoms. The van der Waals surface area contributed by atoms with Crippen molar-refractivity contribution in [1.82, 2.24) is 0 Å².